The van der Waals surface area contributed by atoms with Crippen LogP contribution in [0.5, 0.6) is 0 Å². The second-order valence-electron chi connectivity index (χ2n) is 4.71. The zero-order valence-corrected chi connectivity index (χ0v) is 12.1. The first-order chi connectivity index (χ1) is 9.99. The Hall–Kier alpha value is -1.37. The molecule has 0 saturated heterocycles. The van der Waals surface area contributed by atoms with E-state index >= 15 is 0 Å². The minimum absolute atomic E-state index is 0.0199. The topological polar surface area (TPSA) is 23.5 Å². The molecule has 2 nitrogen and oxygen atoms in total. The fourth-order valence-corrected chi connectivity index (χ4v) is 2.78. The lowest BCUT2D eigenvalue weighted by molar-refractivity contribution is -0.137. The van der Waals surface area contributed by atoms with Gasteiger partial charge in [-0.2, -0.15) is 13.2 Å². The van der Waals surface area contributed by atoms with Crippen LogP contribution >= 0.6 is 11.3 Å². The summed E-state index contributed by atoms with van der Waals surface area (Å²) in [5.74, 6) is 0. The van der Waals surface area contributed by atoms with Crippen LogP contribution in [0, 0.1) is 0 Å². The summed E-state index contributed by atoms with van der Waals surface area (Å²) in [7, 11) is 0. The first-order valence-corrected chi connectivity index (χ1v) is 7.39. The quantitative estimate of drug-likeness (QED) is 0.877. The van der Waals surface area contributed by atoms with E-state index in [2.05, 4.69) is 0 Å². The van der Waals surface area contributed by atoms with Crippen molar-refractivity contribution in [2.75, 3.05) is 13.2 Å². The van der Waals surface area contributed by atoms with Gasteiger partial charge in [0.05, 0.1) is 12.2 Å². The Balaban J connectivity index is 2.02. The second kappa shape index (κ2) is 7.06. The molecule has 6 heteroatoms. The van der Waals surface area contributed by atoms with E-state index in [0.29, 0.717) is 19.6 Å². The van der Waals surface area contributed by atoms with Gasteiger partial charge in [0, 0.05) is 24.5 Å². The summed E-state index contributed by atoms with van der Waals surface area (Å²) in [6.07, 6.45) is -4.31. The Bertz CT molecular complexity index is 537. The van der Waals surface area contributed by atoms with Crippen LogP contribution in [-0.2, 0) is 19.3 Å². The van der Waals surface area contributed by atoms with Gasteiger partial charge in [0.2, 0.25) is 0 Å². The van der Waals surface area contributed by atoms with E-state index in [4.69, 9.17) is 5.11 Å². The largest absolute Gasteiger partial charge is 0.416 e. The second-order valence-corrected chi connectivity index (χ2v) is 5.74. The fraction of sp³-hybridized carbons (Fsp3) is 0.333. The van der Waals surface area contributed by atoms with Gasteiger partial charge in [0.15, 0.2) is 0 Å². The van der Waals surface area contributed by atoms with Crippen LogP contribution in [0.25, 0.3) is 0 Å². The average Bonchev–Trinajstić information content (AvgIpc) is 2.91. The normalized spacial score (nSPS) is 12.0. The fourth-order valence-electron chi connectivity index (χ4n) is 2.04. The molecular weight excluding hydrogens is 299 g/mol. The number of aliphatic hydroxyl groups excluding tert-OH is 1. The zero-order valence-electron chi connectivity index (χ0n) is 11.3. The lowest BCUT2D eigenvalue weighted by Gasteiger charge is -2.21. The number of halogens is 3. The van der Waals surface area contributed by atoms with Crippen LogP contribution in [0.2, 0.25) is 0 Å². The Morgan fingerprint density at radius 3 is 2.29 bits per heavy atom. The molecule has 0 bridgehead atoms. The summed E-state index contributed by atoms with van der Waals surface area (Å²) in [4.78, 5) is 3.17. The highest BCUT2D eigenvalue weighted by atomic mass is 32.1. The minimum Gasteiger partial charge on any atom is -0.395 e. The van der Waals surface area contributed by atoms with E-state index in [-0.39, 0.29) is 6.61 Å². The van der Waals surface area contributed by atoms with E-state index in [9.17, 15) is 13.2 Å². The molecule has 21 heavy (non-hydrogen) atoms. The van der Waals surface area contributed by atoms with Gasteiger partial charge in [-0.15, -0.1) is 11.3 Å². The number of benzene rings is 1. The predicted octanol–water partition coefficient (Wildman–Crippen LogP) is 3.76. The van der Waals surface area contributed by atoms with Crippen molar-refractivity contribution in [1.29, 1.82) is 0 Å². The minimum atomic E-state index is -4.31. The molecule has 0 radical (unpaired) electrons. The summed E-state index contributed by atoms with van der Waals surface area (Å²) in [6, 6.07) is 9.12. The monoisotopic (exact) mass is 315 g/mol. The molecule has 114 valence electrons. The standard InChI is InChI=1S/C15H16F3NOS/c16-15(17,18)13-5-3-12(4-6-13)10-19(7-8-20)11-14-2-1-9-21-14/h1-6,9,20H,7-8,10-11H2. The molecule has 1 heterocycles. The molecule has 0 aliphatic carbocycles. The molecule has 0 amide bonds. The Morgan fingerprint density at radius 1 is 1.05 bits per heavy atom. The summed E-state index contributed by atoms with van der Waals surface area (Å²) >= 11 is 1.62. The van der Waals surface area contributed by atoms with Crippen LogP contribution < -0.4 is 0 Å². The maximum Gasteiger partial charge on any atom is 0.416 e. The van der Waals surface area contributed by atoms with Crippen LogP contribution in [0.1, 0.15) is 16.0 Å². The van der Waals surface area contributed by atoms with Crippen molar-refractivity contribution >= 4 is 11.3 Å². The van der Waals surface area contributed by atoms with Gasteiger partial charge in [0.25, 0.3) is 0 Å². The van der Waals surface area contributed by atoms with Crippen LogP contribution in [0.3, 0.4) is 0 Å². The molecule has 1 aromatic heterocycles. The summed E-state index contributed by atoms with van der Waals surface area (Å²) < 4.78 is 37.5. The molecule has 0 saturated carbocycles. The van der Waals surface area contributed by atoms with Crippen LogP contribution in [-0.4, -0.2) is 23.2 Å². The van der Waals surface area contributed by atoms with Crippen molar-refractivity contribution in [2.24, 2.45) is 0 Å². The van der Waals surface area contributed by atoms with E-state index in [0.717, 1.165) is 22.6 Å². The highest BCUT2D eigenvalue weighted by Crippen LogP contribution is 2.29. The van der Waals surface area contributed by atoms with E-state index in [1.54, 1.807) is 11.3 Å². The molecule has 0 aliphatic heterocycles. The molecule has 1 aromatic carbocycles. The molecule has 1 N–H and O–H groups in total. The Labute approximate surface area is 125 Å². The molecule has 2 aromatic rings. The highest BCUT2D eigenvalue weighted by Gasteiger charge is 2.29. The van der Waals surface area contributed by atoms with Gasteiger partial charge in [-0.25, -0.2) is 0 Å². The first kappa shape index (κ1) is 16.0. The molecule has 2 rings (SSSR count). The van der Waals surface area contributed by atoms with E-state index in [1.165, 1.54) is 12.1 Å². The zero-order chi connectivity index (χ0) is 15.3. The molecule has 0 atom stereocenters. The maximum absolute atomic E-state index is 12.5. The van der Waals surface area contributed by atoms with Gasteiger partial charge in [-0.05, 0) is 29.1 Å². The maximum atomic E-state index is 12.5. The molecular formula is C15H16F3NOS. The molecule has 0 unspecified atom stereocenters. The molecule has 0 aliphatic rings. The third-order valence-electron chi connectivity index (χ3n) is 3.06. The number of aliphatic hydroxyl groups is 1. The van der Waals surface area contributed by atoms with Gasteiger partial charge >= 0.3 is 6.18 Å². The number of alkyl halides is 3. The van der Waals surface area contributed by atoms with Crippen LogP contribution in [0.4, 0.5) is 13.2 Å². The number of thiophene rings is 1. The highest BCUT2D eigenvalue weighted by molar-refractivity contribution is 7.09. The van der Waals surface area contributed by atoms with Crippen molar-refractivity contribution in [3.63, 3.8) is 0 Å². The summed E-state index contributed by atoms with van der Waals surface area (Å²) in [6.45, 7) is 1.70. The lowest BCUT2D eigenvalue weighted by atomic mass is 10.1. The van der Waals surface area contributed by atoms with Crippen molar-refractivity contribution < 1.29 is 18.3 Å². The van der Waals surface area contributed by atoms with Crippen molar-refractivity contribution in [1.82, 2.24) is 4.90 Å². The number of hydrogen-bond donors (Lipinski definition) is 1. The number of nitrogens with zero attached hydrogens (tertiary/aromatic N) is 1. The van der Waals surface area contributed by atoms with Crippen LogP contribution in [0.15, 0.2) is 41.8 Å². The smallest absolute Gasteiger partial charge is 0.395 e. The number of hydrogen-bond acceptors (Lipinski definition) is 3. The average molecular weight is 315 g/mol. The van der Waals surface area contributed by atoms with Crippen molar-refractivity contribution in [3.8, 4) is 0 Å². The Kier molecular flexibility index (Phi) is 5.39. The van der Waals surface area contributed by atoms with Crippen molar-refractivity contribution in [2.45, 2.75) is 19.3 Å². The molecule has 0 fully saturated rings. The van der Waals surface area contributed by atoms with Gasteiger partial charge in [0.1, 0.15) is 0 Å². The third-order valence-corrected chi connectivity index (χ3v) is 3.92. The van der Waals surface area contributed by atoms with Crippen molar-refractivity contribution in [3.05, 3.63) is 57.8 Å². The van der Waals surface area contributed by atoms with Gasteiger partial charge in [-0.3, -0.25) is 4.90 Å². The lowest BCUT2D eigenvalue weighted by Crippen LogP contribution is -2.25. The Morgan fingerprint density at radius 2 is 1.76 bits per heavy atom. The van der Waals surface area contributed by atoms with Gasteiger partial charge in [-0.1, -0.05) is 18.2 Å². The molecule has 0 spiro atoms. The third kappa shape index (κ3) is 4.84. The summed E-state index contributed by atoms with van der Waals surface area (Å²) in [5, 5.41) is 11.1. The van der Waals surface area contributed by atoms with E-state index in [1.807, 2.05) is 22.4 Å². The SMILES string of the molecule is OCCN(Cc1ccc(C(F)(F)F)cc1)Cc1cccs1. The van der Waals surface area contributed by atoms with Gasteiger partial charge < -0.3 is 5.11 Å². The first-order valence-electron chi connectivity index (χ1n) is 6.51. The van der Waals surface area contributed by atoms with E-state index < -0.39 is 11.7 Å². The predicted molar refractivity (Wildman–Crippen MR) is 77.0 cm³/mol. The summed E-state index contributed by atoms with van der Waals surface area (Å²) in [5.41, 5.74) is 0.159. The number of rotatable bonds is 6.